The van der Waals surface area contributed by atoms with Crippen LogP contribution in [0.1, 0.15) is 18.1 Å². The highest BCUT2D eigenvalue weighted by Gasteiger charge is 2.15. The minimum atomic E-state index is 0.0692. The van der Waals surface area contributed by atoms with Crippen LogP contribution in [-0.2, 0) is 17.8 Å². The van der Waals surface area contributed by atoms with E-state index in [-0.39, 0.29) is 5.91 Å². The second-order valence-corrected chi connectivity index (χ2v) is 6.53. The molecule has 3 aromatic rings. The van der Waals surface area contributed by atoms with Crippen LogP contribution in [0.5, 0.6) is 11.5 Å². The second kappa shape index (κ2) is 7.12. The highest BCUT2D eigenvalue weighted by molar-refractivity contribution is 5.83. The van der Waals surface area contributed by atoms with Crippen molar-refractivity contribution in [3.05, 3.63) is 59.8 Å². The topological polar surface area (TPSA) is 54.6 Å². The SMILES string of the molecule is CC(=O)N(CCc1c[nH]c2ccccc12)Cc1ccc2c(c1)OCCO2. The van der Waals surface area contributed by atoms with Crippen LogP contribution in [0.15, 0.2) is 48.7 Å². The number of aromatic amines is 1. The summed E-state index contributed by atoms with van der Waals surface area (Å²) in [6.45, 7) is 4.00. The lowest BCUT2D eigenvalue weighted by Gasteiger charge is -2.23. The fraction of sp³-hybridized carbons (Fsp3) is 0.286. The molecule has 0 unspecified atom stereocenters. The van der Waals surface area contributed by atoms with E-state index in [1.54, 1.807) is 6.92 Å². The van der Waals surface area contributed by atoms with E-state index in [4.69, 9.17) is 9.47 Å². The van der Waals surface area contributed by atoms with Crippen LogP contribution in [-0.4, -0.2) is 35.5 Å². The van der Waals surface area contributed by atoms with Crippen molar-refractivity contribution in [2.45, 2.75) is 19.9 Å². The molecule has 5 nitrogen and oxygen atoms in total. The Morgan fingerprint density at radius 3 is 2.77 bits per heavy atom. The normalized spacial score (nSPS) is 13.0. The fourth-order valence-electron chi connectivity index (χ4n) is 3.35. The standard InChI is InChI=1S/C21H22N2O3/c1-15(24)23(9-8-17-13-22-19-5-3-2-4-18(17)19)14-16-6-7-20-21(12-16)26-11-10-25-20/h2-7,12-13,22H,8-11,14H2,1H3. The molecule has 1 amide bonds. The molecule has 1 N–H and O–H groups in total. The van der Waals surface area contributed by atoms with Crippen molar-refractivity contribution in [2.24, 2.45) is 0 Å². The van der Waals surface area contributed by atoms with Crippen LogP contribution in [0, 0.1) is 0 Å². The molecular weight excluding hydrogens is 328 g/mol. The van der Waals surface area contributed by atoms with Crippen molar-refractivity contribution < 1.29 is 14.3 Å². The summed E-state index contributed by atoms with van der Waals surface area (Å²) in [4.78, 5) is 17.3. The maximum Gasteiger partial charge on any atom is 0.219 e. The third-order valence-corrected chi connectivity index (χ3v) is 4.75. The van der Waals surface area contributed by atoms with Gasteiger partial charge in [-0.2, -0.15) is 0 Å². The molecular formula is C21H22N2O3. The Hall–Kier alpha value is -2.95. The van der Waals surface area contributed by atoms with E-state index in [9.17, 15) is 4.79 Å². The summed E-state index contributed by atoms with van der Waals surface area (Å²) in [7, 11) is 0. The largest absolute Gasteiger partial charge is 0.486 e. The number of carbonyl (C=O) groups excluding carboxylic acids is 1. The smallest absolute Gasteiger partial charge is 0.219 e. The van der Waals surface area contributed by atoms with Gasteiger partial charge in [-0.05, 0) is 35.7 Å². The van der Waals surface area contributed by atoms with Crippen molar-refractivity contribution >= 4 is 16.8 Å². The minimum absolute atomic E-state index is 0.0692. The zero-order chi connectivity index (χ0) is 17.9. The van der Waals surface area contributed by atoms with Gasteiger partial charge in [0.1, 0.15) is 13.2 Å². The molecule has 0 spiro atoms. The zero-order valence-corrected chi connectivity index (χ0v) is 14.8. The van der Waals surface area contributed by atoms with E-state index < -0.39 is 0 Å². The van der Waals surface area contributed by atoms with Crippen LogP contribution in [0.4, 0.5) is 0 Å². The number of para-hydroxylation sites is 1. The molecule has 1 aromatic heterocycles. The first-order valence-electron chi connectivity index (χ1n) is 8.90. The maximum atomic E-state index is 12.1. The summed E-state index contributed by atoms with van der Waals surface area (Å²) in [5.41, 5.74) is 3.40. The van der Waals surface area contributed by atoms with Crippen molar-refractivity contribution in [1.29, 1.82) is 0 Å². The Labute approximate surface area is 152 Å². The van der Waals surface area contributed by atoms with Gasteiger partial charge in [-0.15, -0.1) is 0 Å². The predicted molar refractivity (Wildman–Crippen MR) is 101 cm³/mol. The van der Waals surface area contributed by atoms with Gasteiger partial charge in [-0.1, -0.05) is 24.3 Å². The number of amides is 1. The Morgan fingerprint density at radius 2 is 1.92 bits per heavy atom. The summed E-state index contributed by atoms with van der Waals surface area (Å²) in [5.74, 6) is 1.60. The number of carbonyl (C=O) groups is 1. The molecule has 0 atom stereocenters. The maximum absolute atomic E-state index is 12.1. The highest BCUT2D eigenvalue weighted by atomic mass is 16.6. The van der Waals surface area contributed by atoms with Crippen LogP contribution >= 0.6 is 0 Å². The highest BCUT2D eigenvalue weighted by Crippen LogP contribution is 2.31. The van der Waals surface area contributed by atoms with E-state index in [1.165, 1.54) is 10.9 Å². The number of nitrogens with one attached hydrogen (secondary N) is 1. The van der Waals surface area contributed by atoms with Crippen molar-refractivity contribution in [3.8, 4) is 11.5 Å². The van der Waals surface area contributed by atoms with E-state index in [1.807, 2.05) is 41.4 Å². The molecule has 0 radical (unpaired) electrons. The summed E-state index contributed by atoms with van der Waals surface area (Å²) in [5, 5.41) is 1.22. The number of nitrogens with zero attached hydrogens (tertiary/aromatic N) is 1. The molecule has 1 aliphatic heterocycles. The van der Waals surface area contributed by atoms with Crippen LogP contribution < -0.4 is 9.47 Å². The van der Waals surface area contributed by atoms with Gasteiger partial charge in [-0.3, -0.25) is 4.79 Å². The van der Waals surface area contributed by atoms with Gasteiger partial charge >= 0.3 is 0 Å². The zero-order valence-electron chi connectivity index (χ0n) is 14.8. The van der Waals surface area contributed by atoms with Crippen molar-refractivity contribution in [1.82, 2.24) is 9.88 Å². The molecule has 0 saturated heterocycles. The van der Waals surface area contributed by atoms with E-state index >= 15 is 0 Å². The average molecular weight is 350 g/mol. The van der Waals surface area contributed by atoms with Crippen molar-refractivity contribution in [2.75, 3.05) is 19.8 Å². The van der Waals surface area contributed by atoms with Gasteiger partial charge in [0, 0.05) is 37.1 Å². The van der Waals surface area contributed by atoms with Gasteiger partial charge in [0.15, 0.2) is 11.5 Å². The molecule has 1 aliphatic rings. The van der Waals surface area contributed by atoms with Gasteiger partial charge < -0.3 is 19.4 Å². The molecule has 26 heavy (non-hydrogen) atoms. The fourth-order valence-corrected chi connectivity index (χ4v) is 3.35. The molecule has 0 bridgehead atoms. The molecule has 2 aromatic carbocycles. The summed E-state index contributed by atoms with van der Waals surface area (Å²) in [6, 6.07) is 14.1. The quantitative estimate of drug-likeness (QED) is 0.766. The first-order valence-corrected chi connectivity index (χ1v) is 8.90. The Balaban J connectivity index is 1.47. The molecule has 5 heteroatoms. The van der Waals surface area contributed by atoms with E-state index in [2.05, 4.69) is 17.1 Å². The molecule has 0 aliphatic carbocycles. The summed E-state index contributed by atoms with van der Waals surface area (Å²) < 4.78 is 11.2. The molecule has 0 fully saturated rings. The second-order valence-electron chi connectivity index (χ2n) is 6.53. The van der Waals surface area contributed by atoms with Crippen molar-refractivity contribution in [3.63, 3.8) is 0 Å². The van der Waals surface area contributed by atoms with E-state index in [0.29, 0.717) is 26.3 Å². The number of hydrogen-bond donors (Lipinski definition) is 1. The van der Waals surface area contributed by atoms with Gasteiger partial charge in [0.25, 0.3) is 0 Å². The number of hydrogen-bond acceptors (Lipinski definition) is 3. The minimum Gasteiger partial charge on any atom is -0.486 e. The number of ether oxygens (including phenoxy) is 2. The molecule has 2 heterocycles. The number of H-pyrrole nitrogens is 1. The Morgan fingerprint density at radius 1 is 1.12 bits per heavy atom. The molecule has 0 saturated carbocycles. The third-order valence-electron chi connectivity index (χ3n) is 4.75. The van der Waals surface area contributed by atoms with Gasteiger partial charge in [-0.25, -0.2) is 0 Å². The number of rotatable bonds is 5. The van der Waals surface area contributed by atoms with Crippen LogP contribution in [0.25, 0.3) is 10.9 Å². The van der Waals surface area contributed by atoms with Gasteiger partial charge in [0.2, 0.25) is 5.91 Å². The number of benzene rings is 2. The Bertz CT molecular complexity index is 932. The van der Waals surface area contributed by atoms with Crippen LogP contribution in [0.2, 0.25) is 0 Å². The van der Waals surface area contributed by atoms with Crippen LogP contribution in [0.3, 0.4) is 0 Å². The summed E-state index contributed by atoms with van der Waals surface area (Å²) >= 11 is 0. The summed E-state index contributed by atoms with van der Waals surface area (Å²) in [6.07, 6.45) is 2.85. The first-order chi connectivity index (χ1) is 12.7. The monoisotopic (exact) mass is 350 g/mol. The molecule has 4 rings (SSSR count). The lowest BCUT2D eigenvalue weighted by atomic mass is 10.1. The lowest BCUT2D eigenvalue weighted by molar-refractivity contribution is -0.129. The van der Waals surface area contributed by atoms with E-state index in [0.717, 1.165) is 29.0 Å². The Kier molecular flexibility index (Phi) is 4.52. The third kappa shape index (κ3) is 3.38. The molecule has 134 valence electrons. The van der Waals surface area contributed by atoms with Gasteiger partial charge in [0.05, 0.1) is 0 Å². The number of aromatic nitrogens is 1. The number of fused-ring (bicyclic) bond motifs is 2. The average Bonchev–Trinajstić information content (AvgIpc) is 3.08. The first kappa shape index (κ1) is 16.5. The lowest BCUT2D eigenvalue weighted by Crippen LogP contribution is -2.30. The predicted octanol–water partition coefficient (Wildman–Crippen LogP) is 3.53.